The maximum absolute atomic E-state index is 12.2. The van der Waals surface area contributed by atoms with Crippen LogP contribution in [0.5, 0.6) is 0 Å². The van der Waals surface area contributed by atoms with Gasteiger partial charge in [-0.2, -0.15) is 5.10 Å². The number of aromatic nitrogens is 2. The molecule has 2 N–H and O–H groups in total. The molecule has 0 saturated carbocycles. The average Bonchev–Trinajstić information content (AvgIpc) is 3.25. The van der Waals surface area contributed by atoms with Crippen LogP contribution in [0.1, 0.15) is 38.3 Å². The van der Waals surface area contributed by atoms with E-state index in [-0.39, 0.29) is 18.9 Å². The minimum absolute atomic E-state index is 0.134. The van der Waals surface area contributed by atoms with Gasteiger partial charge in [-0.05, 0) is 49.1 Å². The number of ether oxygens (including phenoxy) is 1. The maximum atomic E-state index is 12.2. The fraction of sp³-hybridized carbons (Fsp3) is 0.320. The molecule has 2 aromatic carbocycles. The van der Waals surface area contributed by atoms with E-state index < -0.39 is 11.7 Å². The Morgan fingerprint density at radius 3 is 2.44 bits per heavy atom. The van der Waals surface area contributed by atoms with E-state index in [1.807, 2.05) is 41.2 Å². The number of amides is 2. The highest BCUT2D eigenvalue weighted by atomic mass is 16.6. The van der Waals surface area contributed by atoms with Gasteiger partial charge in [0.15, 0.2) is 0 Å². The lowest BCUT2D eigenvalue weighted by atomic mass is 9.98. The Kier molecular flexibility index (Phi) is 7.65. The number of hydrogen-bond acceptors (Lipinski definition) is 4. The van der Waals surface area contributed by atoms with Gasteiger partial charge >= 0.3 is 6.09 Å². The van der Waals surface area contributed by atoms with E-state index in [0.717, 1.165) is 23.2 Å². The normalized spacial score (nSPS) is 11.1. The summed E-state index contributed by atoms with van der Waals surface area (Å²) in [6, 6.07) is 18.3. The van der Waals surface area contributed by atoms with Crippen LogP contribution in [0.15, 0.2) is 67.0 Å². The first-order valence-corrected chi connectivity index (χ1v) is 10.7. The Hall–Kier alpha value is -3.61. The summed E-state index contributed by atoms with van der Waals surface area (Å²) in [5.41, 5.74) is 3.80. The molecule has 2 amide bonds. The molecule has 0 saturated heterocycles. The van der Waals surface area contributed by atoms with Gasteiger partial charge in [0, 0.05) is 31.9 Å². The van der Waals surface area contributed by atoms with Crippen molar-refractivity contribution in [3.05, 3.63) is 78.1 Å². The average molecular weight is 435 g/mol. The van der Waals surface area contributed by atoms with Crippen molar-refractivity contribution in [2.45, 2.75) is 45.9 Å². The van der Waals surface area contributed by atoms with Crippen LogP contribution >= 0.6 is 0 Å². The molecule has 0 unspecified atom stereocenters. The van der Waals surface area contributed by atoms with E-state index in [9.17, 15) is 9.59 Å². The minimum Gasteiger partial charge on any atom is -0.444 e. The predicted octanol–water partition coefficient (Wildman–Crippen LogP) is 4.13. The number of carbonyl (C=O) groups is 2. The van der Waals surface area contributed by atoms with Gasteiger partial charge in [-0.25, -0.2) is 4.79 Å². The Bertz CT molecular complexity index is 1020. The number of benzene rings is 2. The van der Waals surface area contributed by atoms with Crippen molar-refractivity contribution >= 4 is 12.0 Å². The van der Waals surface area contributed by atoms with E-state index in [2.05, 4.69) is 40.0 Å². The second kappa shape index (κ2) is 10.6. The molecule has 3 aromatic rings. The Balaban J connectivity index is 1.53. The minimum atomic E-state index is -0.562. The van der Waals surface area contributed by atoms with Crippen LogP contribution < -0.4 is 10.6 Å². The number of rotatable bonds is 8. The van der Waals surface area contributed by atoms with Gasteiger partial charge in [0.1, 0.15) is 5.60 Å². The van der Waals surface area contributed by atoms with Gasteiger partial charge in [-0.1, -0.05) is 48.5 Å². The smallest absolute Gasteiger partial charge is 0.407 e. The number of hydrogen-bond donors (Lipinski definition) is 2. The van der Waals surface area contributed by atoms with Crippen LogP contribution in [0.25, 0.3) is 11.1 Å². The van der Waals surface area contributed by atoms with Gasteiger partial charge in [0.05, 0.1) is 6.54 Å². The summed E-state index contributed by atoms with van der Waals surface area (Å²) < 4.78 is 7.05. The summed E-state index contributed by atoms with van der Waals surface area (Å²) in [7, 11) is 0. The highest BCUT2D eigenvalue weighted by molar-refractivity contribution is 5.77. The van der Waals surface area contributed by atoms with Crippen LogP contribution in [0.2, 0.25) is 0 Å². The van der Waals surface area contributed by atoms with Crippen LogP contribution in [0.4, 0.5) is 4.79 Å². The highest BCUT2D eigenvalue weighted by Gasteiger charge is 2.16. The van der Waals surface area contributed by atoms with Gasteiger partial charge < -0.3 is 15.4 Å². The van der Waals surface area contributed by atoms with Crippen molar-refractivity contribution in [2.24, 2.45) is 0 Å². The highest BCUT2D eigenvalue weighted by Crippen LogP contribution is 2.24. The molecule has 0 bridgehead atoms. The number of nitrogens with one attached hydrogen (secondary N) is 2. The van der Waals surface area contributed by atoms with Crippen molar-refractivity contribution in [1.82, 2.24) is 20.4 Å². The van der Waals surface area contributed by atoms with E-state index >= 15 is 0 Å². The van der Waals surface area contributed by atoms with Crippen molar-refractivity contribution in [2.75, 3.05) is 6.54 Å². The van der Waals surface area contributed by atoms with E-state index in [4.69, 9.17) is 4.74 Å². The van der Waals surface area contributed by atoms with Crippen LogP contribution in [-0.2, 0) is 22.6 Å². The molecule has 7 nitrogen and oxygen atoms in total. The molecular weight excluding hydrogens is 404 g/mol. The molecule has 1 heterocycles. The summed E-state index contributed by atoms with van der Waals surface area (Å²) in [5, 5.41) is 9.77. The fourth-order valence-electron chi connectivity index (χ4n) is 3.20. The topological polar surface area (TPSA) is 85.2 Å². The summed E-state index contributed by atoms with van der Waals surface area (Å²) >= 11 is 0. The van der Waals surface area contributed by atoms with Crippen molar-refractivity contribution in [3.8, 4) is 11.1 Å². The van der Waals surface area contributed by atoms with Gasteiger partial charge in [0.2, 0.25) is 5.91 Å². The summed E-state index contributed by atoms with van der Waals surface area (Å²) in [5.74, 6) is -0.134. The third kappa shape index (κ3) is 7.27. The Morgan fingerprint density at radius 1 is 1.00 bits per heavy atom. The van der Waals surface area contributed by atoms with Crippen LogP contribution in [0.3, 0.4) is 0 Å². The van der Waals surface area contributed by atoms with Crippen LogP contribution in [-0.4, -0.2) is 33.9 Å². The third-order valence-corrected chi connectivity index (χ3v) is 4.68. The lowest BCUT2D eigenvalue weighted by Gasteiger charge is -2.19. The van der Waals surface area contributed by atoms with Crippen molar-refractivity contribution < 1.29 is 14.3 Å². The zero-order chi connectivity index (χ0) is 23.0. The van der Waals surface area contributed by atoms with Gasteiger partial charge in [-0.15, -0.1) is 0 Å². The molecule has 0 atom stereocenters. The van der Waals surface area contributed by atoms with Crippen molar-refractivity contribution in [1.29, 1.82) is 0 Å². The van der Waals surface area contributed by atoms with Crippen molar-refractivity contribution in [3.63, 3.8) is 0 Å². The molecule has 7 heteroatoms. The monoisotopic (exact) mass is 434 g/mol. The first-order valence-electron chi connectivity index (χ1n) is 10.7. The fourth-order valence-corrected chi connectivity index (χ4v) is 3.20. The number of carbonyl (C=O) groups excluding carboxylic acids is 2. The van der Waals surface area contributed by atoms with E-state index in [1.165, 1.54) is 5.56 Å². The molecule has 1 aromatic heterocycles. The second-order valence-corrected chi connectivity index (χ2v) is 8.51. The molecule has 3 rings (SSSR count). The number of nitrogens with zero attached hydrogens (tertiary/aromatic N) is 2. The summed E-state index contributed by atoms with van der Waals surface area (Å²) in [4.78, 5) is 23.9. The first kappa shape index (κ1) is 23.1. The molecular formula is C25H30N4O3. The van der Waals surface area contributed by atoms with E-state index in [1.54, 1.807) is 27.0 Å². The third-order valence-electron chi connectivity index (χ3n) is 4.68. The first-order chi connectivity index (χ1) is 15.3. The Labute approximate surface area is 188 Å². The quantitative estimate of drug-likeness (QED) is 0.558. The second-order valence-electron chi connectivity index (χ2n) is 8.51. The van der Waals surface area contributed by atoms with Crippen LogP contribution in [0, 0.1) is 0 Å². The zero-order valence-electron chi connectivity index (χ0n) is 18.8. The standard InChI is InChI=1S/C25H30N4O3/c1-25(2,3)32-24(31)26-15-13-23(30)27-17-21-7-4-5-8-22(21)20-11-9-19(10-12-20)18-29-16-6-14-28-29/h4-12,14,16H,13,15,17-18H2,1-3H3,(H,26,31)(H,27,30). The molecule has 0 aliphatic rings. The van der Waals surface area contributed by atoms with Gasteiger partial charge in [-0.3, -0.25) is 9.48 Å². The Morgan fingerprint density at radius 2 is 1.75 bits per heavy atom. The number of alkyl carbamates (subject to hydrolysis) is 1. The summed E-state index contributed by atoms with van der Waals surface area (Å²) in [6.45, 7) is 6.75. The molecule has 32 heavy (non-hydrogen) atoms. The zero-order valence-corrected chi connectivity index (χ0v) is 18.8. The molecule has 0 fully saturated rings. The lowest BCUT2D eigenvalue weighted by Crippen LogP contribution is -2.35. The van der Waals surface area contributed by atoms with E-state index in [0.29, 0.717) is 6.54 Å². The lowest BCUT2D eigenvalue weighted by molar-refractivity contribution is -0.121. The predicted molar refractivity (Wildman–Crippen MR) is 124 cm³/mol. The SMILES string of the molecule is CC(C)(C)OC(=O)NCCC(=O)NCc1ccccc1-c1ccc(Cn2cccn2)cc1. The van der Waals surface area contributed by atoms with Gasteiger partial charge in [0.25, 0.3) is 0 Å². The molecule has 0 aliphatic carbocycles. The summed E-state index contributed by atoms with van der Waals surface area (Å²) in [6.07, 6.45) is 3.37. The molecule has 0 radical (unpaired) electrons. The molecule has 0 aliphatic heterocycles. The maximum Gasteiger partial charge on any atom is 0.407 e. The molecule has 0 spiro atoms. The molecule has 168 valence electrons. The largest absolute Gasteiger partial charge is 0.444 e.